The van der Waals surface area contributed by atoms with Crippen LogP contribution in [0.25, 0.3) is 0 Å². The zero-order valence-corrected chi connectivity index (χ0v) is 16.0. The van der Waals surface area contributed by atoms with Gasteiger partial charge in [-0.15, -0.1) is 0 Å². The Morgan fingerprint density at radius 1 is 1.12 bits per heavy atom. The van der Waals surface area contributed by atoms with Gasteiger partial charge >= 0.3 is 5.97 Å². The smallest absolute Gasteiger partial charge is 0.335 e. The van der Waals surface area contributed by atoms with Gasteiger partial charge in [0.05, 0.1) is 25.3 Å². The highest BCUT2D eigenvalue weighted by atomic mass is 35.5. The molecule has 5 heteroatoms. The molecule has 0 spiro atoms. The molecule has 0 fully saturated rings. The lowest BCUT2D eigenvalue weighted by Crippen LogP contribution is -2.29. The largest absolute Gasteiger partial charge is 0.497 e. The van der Waals surface area contributed by atoms with Crippen molar-refractivity contribution in [3.63, 3.8) is 0 Å². The van der Waals surface area contributed by atoms with Gasteiger partial charge in [-0.1, -0.05) is 42.4 Å². The number of benzene rings is 2. The van der Waals surface area contributed by atoms with Crippen molar-refractivity contribution in [1.29, 1.82) is 0 Å². The summed E-state index contributed by atoms with van der Waals surface area (Å²) in [5.74, 6) is 0.382. The van der Waals surface area contributed by atoms with Crippen LogP contribution in [0.1, 0.15) is 37.1 Å². The fourth-order valence-corrected chi connectivity index (χ4v) is 2.76. The Labute approximate surface area is 159 Å². The molecule has 26 heavy (non-hydrogen) atoms. The molecule has 0 aliphatic rings. The van der Waals surface area contributed by atoms with Crippen molar-refractivity contribution in [3.8, 4) is 5.75 Å². The number of rotatable bonds is 8. The molecular weight excluding hydrogens is 350 g/mol. The molecule has 0 heterocycles. The summed E-state index contributed by atoms with van der Waals surface area (Å²) in [6, 6.07) is 14.7. The number of halogens is 1. The average molecular weight is 374 g/mol. The third kappa shape index (κ3) is 5.10. The van der Waals surface area contributed by atoms with E-state index in [2.05, 4.69) is 11.9 Å². The van der Waals surface area contributed by atoms with E-state index in [1.165, 1.54) is 0 Å². The first-order valence-electron chi connectivity index (χ1n) is 8.47. The molecule has 1 N–H and O–H groups in total. The molecule has 2 rings (SSSR count). The van der Waals surface area contributed by atoms with E-state index in [9.17, 15) is 4.79 Å². The summed E-state index contributed by atoms with van der Waals surface area (Å²) in [5.41, 5.74) is 2.32. The summed E-state index contributed by atoms with van der Waals surface area (Å²) < 4.78 is 10.3. The number of ether oxygens (including phenoxy) is 2. The molecule has 4 nitrogen and oxygen atoms in total. The van der Waals surface area contributed by atoms with Crippen LogP contribution in [0.2, 0.25) is 5.02 Å². The SMILES string of the molecule is C=C(C(=O)OCC)[C@@H](N[C@H](C)c1ccc(OC)cc1)c1ccc(Cl)cc1. The maximum Gasteiger partial charge on any atom is 0.335 e. The molecule has 2 aromatic rings. The lowest BCUT2D eigenvalue weighted by Gasteiger charge is -2.25. The summed E-state index contributed by atoms with van der Waals surface area (Å²) >= 11 is 5.99. The van der Waals surface area contributed by atoms with E-state index < -0.39 is 5.97 Å². The fraction of sp³-hybridized carbons (Fsp3) is 0.286. The predicted octanol–water partition coefficient (Wildman–Crippen LogP) is 4.86. The van der Waals surface area contributed by atoms with Gasteiger partial charge in [0, 0.05) is 11.1 Å². The Kier molecular flexibility index (Phi) is 7.25. The first kappa shape index (κ1) is 20.0. The molecule has 0 aliphatic carbocycles. The number of hydrogen-bond donors (Lipinski definition) is 1. The van der Waals surface area contributed by atoms with E-state index >= 15 is 0 Å². The van der Waals surface area contributed by atoms with E-state index in [1.54, 1.807) is 26.2 Å². The van der Waals surface area contributed by atoms with E-state index in [0.717, 1.165) is 16.9 Å². The standard InChI is InChI=1S/C21H24ClNO3/c1-5-26-21(24)14(2)20(17-6-10-18(22)11-7-17)23-15(3)16-8-12-19(25-4)13-9-16/h6-13,15,20,23H,2,5H2,1,3-4H3/t15-,20-/m1/s1. The zero-order chi connectivity index (χ0) is 19.1. The maximum absolute atomic E-state index is 12.2. The van der Waals surface area contributed by atoms with Gasteiger partial charge < -0.3 is 9.47 Å². The highest BCUT2D eigenvalue weighted by molar-refractivity contribution is 6.30. The van der Waals surface area contributed by atoms with Gasteiger partial charge in [0.1, 0.15) is 5.75 Å². The minimum atomic E-state index is -0.415. The van der Waals surface area contributed by atoms with Crippen LogP contribution < -0.4 is 10.1 Å². The van der Waals surface area contributed by atoms with Crippen molar-refractivity contribution in [2.45, 2.75) is 25.9 Å². The van der Waals surface area contributed by atoms with E-state index in [4.69, 9.17) is 21.1 Å². The van der Waals surface area contributed by atoms with Crippen molar-refractivity contribution < 1.29 is 14.3 Å². The second-order valence-electron chi connectivity index (χ2n) is 5.89. The zero-order valence-electron chi connectivity index (χ0n) is 15.3. The summed E-state index contributed by atoms with van der Waals surface area (Å²) in [6.07, 6.45) is 0. The molecule has 0 saturated carbocycles. The highest BCUT2D eigenvalue weighted by Gasteiger charge is 2.24. The Balaban J connectivity index is 2.25. The number of esters is 1. The first-order chi connectivity index (χ1) is 12.5. The number of hydrogen-bond acceptors (Lipinski definition) is 4. The topological polar surface area (TPSA) is 47.6 Å². The van der Waals surface area contributed by atoms with Crippen LogP contribution >= 0.6 is 11.6 Å². The van der Waals surface area contributed by atoms with Gasteiger partial charge in [0.15, 0.2) is 0 Å². The van der Waals surface area contributed by atoms with Crippen LogP contribution in [0, 0.1) is 0 Å². The number of methoxy groups -OCH3 is 1. The van der Waals surface area contributed by atoms with Gasteiger partial charge in [0.2, 0.25) is 0 Å². The molecule has 0 radical (unpaired) electrons. The number of carbonyl (C=O) groups is 1. The monoisotopic (exact) mass is 373 g/mol. The van der Waals surface area contributed by atoms with Crippen LogP contribution in [0.5, 0.6) is 5.75 Å². The van der Waals surface area contributed by atoms with Crippen molar-refractivity contribution in [2.24, 2.45) is 0 Å². The van der Waals surface area contributed by atoms with Crippen LogP contribution in [-0.2, 0) is 9.53 Å². The highest BCUT2D eigenvalue weighted by Crippen LogP contribution is 2.27. The van der Waals surface area contributed by atoms with Crippen LogP contribution in [0.15, 0.2) is 60.7 Å². The van der Waals surface area contributed by atoms with Crippen molar-refractivity contribution in [2.75, 3.05) is 13.7 Å². The van der Waals surface area contributed by atoms with E-state index in [-0.39, 0.29) is 12.1 Å². The van der Waals surface area contributed by atoms with Gasteiger partial charge in [0.25, 0.3) is 0 Å². The first-order valence-corrected chi connectivity index (χ1v) is 8.85. The van der Waals surface area contributed by atoms with Crippen molar-refractivity contribution >= 4 is 17.6 Å². The Morgan fingerprint density at radius 3 is 2.23 bits per heavy atom. The normalized spacial score (nSPS) is 12.9. The fourth-order valence-electron chi connectivity index (χ4n) is 2.63. The van der Waals surface area contributed by atoms with Gasteiger partial charge in [-0.25, -0.2) is 4.79 Å². The molecule has 0 saturated heterocycles. The molecule has 0 aromatic heterocycles. The number of nitrogens with one attached hydrogen (secondary N) is 1. The Bertz CT molecular complexity index is 741. The molecule has 0 unspecified atom stereocenters. The van der Waals surface area contributed by atoms with E-state index in [1.807, 2.05) is 43.3 Å². The third-order valence-corrected chi connectivity index (χ3v) is 4.37. The van der Waals surface area contributed by atoms with Crippen molar-refractivity contribution in [1.82, 2.24) is 5.32 Å². The van der Waals surface area contributed by atoms with Gasteiger partial charge in [-0.3, -0.25) is 5.32 Å². The van der Waals surface area contributed by atoms with E-state index in [0.29, 0.717) is 17.2 Å². The van der Waals surface area contributed by atoms with Crippen molar-refractivity contribution in [3.05, 3.63) is 76.8 Å². The lowest BCUT2D eigenvalue weighted by molar-refractivity contribution is -0.138. The maximum atomic E-state index is 12.2. The summed E-state index contributed by atoms with van der Waals surface area (Å²) in [6.45, 7) is 8.07. The lowest BCUT2D eigenvalue weighted by atomic mass is 9.97. The Morgan fingerprint density at radius 2 is 1.69 bits per heavy atom. The third-order valence-electron chi connectivity index (χ3n) is 4.12. The van der Waals surface area contributed by atoms with Crippen LogP contribution in [-0.4, -0.2) is 19.7 Å². The van der Waals surface area contributed by atoms with Crippen LogP contribution in [0.3, 0.4) is 0 Å². The molecule has 0 aliphatic heterocycles. The molecular formula is C21H24ClNO3. The van der Waals surface area contributed by atoms with Crippen LogP contribution in [0.4, 0.5) is 0 Å². The summed E-state index contributed by atoms with van der Waals surface area (Å²) in [7, 11) is 1.64. The second kappa shape index (κ2) is 9.41. The molecule has 2 aromatic carbocycles. The predicted molar refractivity (Wildman–Crippen MR) is 105 cm³/mol. The molecule has 0 amide bonds. The second-order valence-corrected chi connectivity index (χ2v) is 6.33. The minimum absolute atomic E-state index is 0.0206. The molecule has 0 bridgehead atoms. The summed E-state index contributed by atoms with van der Waals surface area (Å²) in [5, 5.41) is 4.10. The quantitative estimate of drug-likeness (QED) is 0.530. The molecule has 138 valence electrons. The average Bonchev–Trinajstić information content (AvgIpc) is 2.66. The molecule has 2 atom stereocenters. The minimum Gasteiger partial charge on any atom is -0.497 e. The van der Waals surface area contributed by atoms with Gasteiger partial charge in [-0.05, 0) is 49.2 Å². The summed E-state index contributed by atoms with van der Waals surface area (Å²) in [4.78, 5) is 12.2. The Hall–Kier alpha value is -2.30. The number of carbonyl (C=O) groups excluding carboxylic acids is 1. The van der Waals surface area contributed by atoms with Gasteiger partial charge in [-0.2, -0.15) is 0 Å².